The number of methoxy groups -OCH3 is 1. The van der Waals surface area contributed by atoms with Crippen molar-refractivity contribution in [3.05, 3.63) is 59.0 Å². The first-order valence-corrected chi connectivity index (χ1v) is 14.1. The van der Waals surface area contributed by atoms with E-state index in [1.54, 1.807) is 28.8 Å². The Morgan fingerprint density at radius 3 is 2.39 bits per heavy atom. The van der Waals surface area contributed by atoms with E-state index in [1.807, 2.05) is 45.9 Å². The van der Waals surface area contributed by atoms with Gasteiger partial charge in [0.1, 0.15) is 23.2 Å². The Morgan fingerprint density at radius 2 is 1.76 bits per heavy atom. The molecule has 5 rings (SSSR count). The zero-order chi connectivity index (χ0) is 29.5. The number of rotatable bonds is 5. The van der Waals surface area contributed by atoms with Crippen molar-refractivity contribution in [3.63, 3.8) is 0 Å². The number of ether oxygens (including phenoxy) is 2. The van der Waals surface area contributed by atoms with Gasteiger partial charge in [0.05, 0.1) is 24.9 Å². The first-order chi connectivity index (χ1) is 19.4. The molecule has 1 unspecified atom stereocenters. The highest BCUT2D eigenvalue weighted by atomic mass is 19.1. The summed E-state index contributed by atoms with van der Waals surface area (Å²) in [5.41, 5.74) is 2.06. The average molecular weight is 565 g/mol. The van der Waals surface area contributed by atoms with E-state index in [4.69, 9.17) is 9.47 Å². The largest absolute Gasteiger partial charge is 0.497 e. The number of likely N-dealkylation sites (tertiary alicyclic amines) is 2. The van der Waals surface area contributed by atoms with Crippen LogP contribution in [0.3, 0.4) is 0 Å². The van der Waals surface area contributed by atoms with Gasteiger partial charge in [-0.3, -0.25) is 19.2 Å². The van der Waals surface area contributed by atoms with Crippen LogP contribution < -0.4 is 4.74 Å². The summed E-state index contributed by atoms with van der Waals surface area (Å²) in [4.78, 5) is 41.7. The molecule has 0 spiro atoms. The molecule has 0 radical (unpaired) electrons. The monoisotopic (exact) mass is 564 g/mol. The van der Waals surface area contributed by atoms with Crippen molar-refractivity contribution in [2.24, 2.45) is 0 Å². The molecule has 1 atom stereocenters. The normalized spacial score (nSPS) is 18.7. The Kier molecular flexibility index (Phi) is 7.76. The van der Waals surface area contributed by atoms with Crippen LogP contribution >= 0.6 is 0 Å². The molecule has 0 N–H and O–H groups in total. The van der Waals surface area contributed by atoms with Crippen LogP contribution in [0.25, 0.3) is 10.9 Å². The molecule has 3 aromatic rings. The Morgan fingerprint density at radius 1 is 1.07 bits per heavy atom. The van der Waals surface area contributed by atoms with Crippen molar-refractivity contribution in [2.45, 2.75) is 77.5 Å². The van der Waals surface area contributed by atoms with Crippen molar-refractivity contribution < 1.29 is 28.2 Å². The van der Waals surface area contributed by atoms with Crippen LogP contribution in [0.15, 0.2) is 36.4 Å². The molecule has 0 bridgehead atoms. The third-order valence-corrected chi connectivity index (χ3v) is 7.87. The highest BCUT2D eigenvalue weighted by Crippen LogP contribution is 2.36. The van der Waals surface area contributed by atoms with E-state index >= 15 is 4.39 Å². The van der Waals surface area contributed by atoms with Crippen molar-refractivity contribution in [3.8, 4) is 5.75 Å². The standard InChI is InChI=1S/C31H37FN4O5/c1-19-23-16-24(21-12-14-34(15-13-21)30(39)41-31(2,3)4)25(32)17-27(23)36(33-19)26-10-11-28(37)35(29(26)38)18-20-6-8-22(40-5)9-7-20/h6-9,16-17,21,26H,10-15,18H2,1-5H3. The Hall–Kier alpha value is -3.95. The van der Waals surface area contributed by atoms with Gasteiger partial charge < -0.3 is 14.4 Å². The van der Waals surface area contributed by atoms with Crippen LogP contribution in [0.4, 0.5) is 9.18 Å². The molecule has 2 aromatic carbocycles. The maximum absolute atomic E-state index is 15.6. The number of hydrogen-bond donors (Lipinski definition) is 0. The Balaban J connectivity index is 1.35. The summed E-state index contributed by atoms with van der Waals surface area (Å²) in [6.45, 7) is 8.48. The highest BCUT2D eigenvalue weighted by Gasteiger charge is 2.37. The Bertz CT molecular complexity index is 1470. The third kappa shape index (κ3) is 5.92. The van der Waals surface area contributed by atoms with Gasteiger partial charge in [-0.25, -0.2) is 9.18 Å². The molecule has 218 valence electrons. The predicted octanol–water partition coefficient (Wildman–Crippen LogP) is 5.50. The summed E-state index contributed by atoms with van der Waals surface area (Å²) in [7, 11) is 1.58. The van der Waals surface area contributed by atoms with E-state index in [9.17, 15) is 14.4 Å². The number of carbonyl (C=O) groups excluding carboxylic acids is 3. The number of fused-ring (bicyclic) bond motifs is 1. The summed E-state index contributed by atoms with van der Waals surface area (Å²) in [5, 5.41) is 5.43. The fraction of sp³-hybridized carbons (Fsp3) is 0.484. The minimum Gasteiger partial charge on any atom is -0.497 e. The van der Waals surface area contributed by atoms with E-state index in [0.29, 0.717) is 54.9 Å². The second-order valence-electron chi connectivity index (χ2n) is 11.9. The molecular weight excluding hydrogens is 527 g/mol. The maximum atomic E-state index is 15.6. The molecule has 0 saturated carbocycles. The molecule has 10 heteroatoms. The lowest BCUT2D eigenvalue weighted by molar-refractivity contribution is -0.152. The van der Waals surface area contributed by atoms with Gasteiger partial charge in [0.2, 0.25) is 5.91 Å². The van der Waals surface area contributed by atoms with Crippen LogP contribution in [0.5, 0.6) is 5.75 Å². The molecule has 2 fully saturated rings. The first kappa shape index (κ1) is 28.6. The molecule has 3 heterocycles. The van der Waals surface area contributed by atoms with Crippen LogP contribution in [-0.2, 0) is 20.9 Å². The number of piperidine rings is 2. The van der Waals surface area contributed by atoms with Crippen molar-refractivity contribution in [2.75, 3.05) is 20.2 Å². The molecule has 3 amide bonds. The number of aryl methyl sites for hydroxylation is 1. The van der Waals surface area contributed by atoms with Gasteiger partial charge in [0.15, 0.2) is 0 Å². The van der Waals surface area contributed by atoms with E-state index in [0.717, 1.165) is 10.9 Å². The Labute approximate surface area is 239 Å². The number of imide groups is 1. The number of hydrogen-bond acceptors (Lipinski definition) is 6. The molecular formula is C31H37FN4O5. The lowest BCUT2D eigenvalue weighted by atomic mass is 9.88. The van der Waals surface area contributed by atoms with Gasteiger partial charge in [0, 0.05) is 31.0 Å². The highest BCUT2D eigenvalue weighted by molar-refractivity contribution is 6.00. The zero-order valence-corrected chi connectivity index (χ0v) is 24.3. The summed E-state index contributed by atoms with van der Waals surface area (Å²) >= 11 is 0. The van der Waals surface area contributed by atoms with Gasteiger partial charge >= 0.3 is 6.09 Å². The lowest BCUT2D eigenvalue weighted by Gasteiger charge is -2.33. The molecule has 1 aromatic heterocycles. The molecule has 41 heavy (non-hydrogen) atoms. The smallest absolute Gasteiger partial charge is 0.410 e. The summed E-state index contributed by atoms with van der Waals surface area (Å²) < 4.78 is 27.9. The average Bonchev–Trinajstić information content (AvgIpc) is 3.24. The van der Waals surface area contributed by atoms with Gasteiger partial charge in [0.25, 0.3) is 5.91 Å². The number of halogens is 1. The second kappa shape index (κ2) is 11.1. The summed E-state index contributed by atoms with van der Waals surface area (Å²) in [6, 6.07) is 9.82. The number of aromatic nitrogens is 2. The van der Waals surface area contributed by atoms with Gasteiger partial charge in [-0.1, -0.05) is 12.1 Å². The predicted molar refractivity (Wildman–Crippen MR) is 151 cm³/mol. The number of benzene rings is 2. The van der Waals surface area contributed by atoms with Gasteiger partial charge in [-0.05, 0) is 82.2 Å². The van der Waals surface area contributed by atoms with E-state index in [1.165, 1.54) is 11.0 Å². The SMILES string of the molecule is COc1ccc(CN2C(=O)CCC(n3nc(C)c4cc(C5CCN(C(=O)OC(C)(C)C)CC5)c(F)cc43)C2=O)cc1. The first-order valence-electron chi connectivity index (χ1n) is 14.1. The van der Waals surface area contributed by atoms with Crippen LogP contribution in [-0.4, -0.2) is 63.3 Å². The van der Waals surface area contributed by atoms with E-state index in [2.05, 4.69) is 5.10 Å². The molecule has 2 aliphatic rings. The molecule has 9 nitrogen and oxygen atoms in total. The third-order valence-electron chi connectivity index (χ3n) is 7.87. The quantitative estimate of drug-likeness (QED) is 0.380. The summed E-state index contributed by atoms with van der Waals surface area (Å²) in [5.74, 6) is -0.295. The second-order valence-corrected chi connectivity index (χ2v) is 11.9. The lowest BCUT2D eigenvalue weighted by Crippen LogP contribution is -2.45. The zero-order valence-electron chi connectivity index (χ0n) is 24.3. The summed E-state index contributed by atoms with van der Waals surface area (Å²) in [6.07, 6.45) is 1.40. The molecule has 2 aliphatic heterocycles. The maximum Gasteiger partial charge on any atom is 0.410 e. The molecule has 2 saturated heterocycles. The molecule has 0 aliphatic carbocycles. The van der Waals surface area contributed by atoms with Crippen LogP contribution in [0.2, 0.25) is 0 Å². The van der Waals surface area contributed by atoms with Crippen LogP contribution in [0, 0.1) is 12.7 Å². The van der Waals surface area contributed by atoms with Crippen molar-refractivity contribution in [1.29, 1.82) is 0 Å². The van der Waals surface area contributed by atoms with Gasteiger partial charge in [-0.2, -0.15) is 5.10 Å². The number of amides is 3. The number of nitrogens with zero attached hydrogens (tertiary/aromatic N) is 4. The van der Waals surface area contributed by atoms with Gasteiger partial charge in [-0.15, -0.1) is 0 Å². The minimum atomic E-state index is -0.704. The topological polar surface area (TPSA) is 94.0 Å². The van der Waals surface area contributed by atoms with Crippen molar-refractivity contribution in [1.82, 2.24) is 19.6 Å². The fourth-order valence-corrected chi connectivity index (χ4v) is 5.71. The van der Waals surface area contributed by atoms with Crippen molar-refractivity contribution >= 4 is 28.8 Å². The fourth-order valence-electron chi connectivity index (χ4n) is 5.71. The van der Waals surface area contributed by atoms with Crippen LogP contribution in [0.1, 0.15) is 75.2 Å². The van der Waals surface area contributed by atoms with E-state index < -0.39 is 11.6 Å². The van der Waals surface area contributed by atoms with E-state index in [-0.39, 0.29) is 42.6 Å². The number of carbonyl (C=O) groups is 3. The minimum absolute atomic E-state index is 0.0465.